The van der Waals surface area contributed by atoms with Gasteiger partial charge in [0.05, 0.1) is 22.1 Å². The van der Waals surface area contributed by atoms with Gasteiger partial charge < -0.3 is 18.0 Å². The molecule has 0 atom stereocenters. The summed E-state index contributed by atoms with van der Waals surface area (Å²) in [6.45, 7) is 0. The van der Waals surface area contributed by atoms with Gasteiger partial charge in [0, 0.05) is 77.4 Å². The second kappa shape index (κ2) is 24.8. The van der Waals surface area contributed by atoms with Gasteiger partial charge in [-0.05, 0) is 124 Å². The van der Waals surface area contributed by atoms with E-state index in [0.717, 1.165) is 144 Å². The standard InChI is InChI=1S/C92H56N10O2/c1-4-19-61(20-5-1)85-95-86(62-21-6-2-7-22-62)97-88(96-85)64-39-35-57(36-40-64)58-43-48-70(49-44-58)102-80-32-15-11-28-72(80)75-55-74(76(56-82(75)102)92-94-78-30-13-17-34-84(78)104-92)60-37-41-65(42-38-60)89-98-87(63-23-8-3-9-24-63)99-90(100-89)67-26-18-25-66(53-67)59-45-50-69(51-46-59)101-79-31-14-10-27-71(79)73-52-47-68(54-81(73)101)91-93-77-29-12-16-33-83(77)103-91/h1-56H. The van der Waals surface area contributed by atoms with Crippen molar-refractivity contribution in [3.05, 3.63) is 340 Å². The highest BCUT2D eigenvalue weighted by molar-refractivity contribution is 6.13. The van der Waals surface area contributed by atoms with Crippen molar-refractivity contribution >= 4 is 65.8 Å². The van der Waals surface area contributed by atoms with Crippen LogP contribution in [-0.4, -0.2) is 49.0 Å². The molecule has 14 aromatic carbocycles. The summed E-state index contributed by atoms with van der Waals surface area (Å²) in [5, 5.41) is 4.53. The first-order valence-electron chi connectivity index (χ1n) is 34.5. The number of hydrogen-bond donors (Lipinski definition) is 0. The zero-order valence-corrected chi connectivity index (χ0v) is 55.6. The molecular formula is C92H56N10O2. The number of nitrogens with zero attached hydrogens (tertiary/aromatic N) is 10. The Kier molecular flexibility index (Phi) is 14.2. The summed E-state index contributed by atoms with van der Waals surface area (Å²) >= 11 is 0. The number of fused-ring (bicyclic) bond motifs is 8. The quantitative estimate of drug-likeness (QED) is 0.110. The number of benzene rings is 14. The number of hydrogen-bond acceptors (Lipinski definition) is 10. The van der Waals surface area contributed by atoms with E-state index in [2.05, 4.69) is 209 Å². The summed E-state index contributed by atoms with van der Waals surface area (Å²) in [7, 11) is 0. The molecule has 0 aliphatic heterocycles. The second-order valence-electron chi connectivity index (χ2n) is 25.9. The van der Waals surface area contributed by atoms with Gasteiger partial charge in [0.2, 0.25) is 11.8 Å². The molecular weight excluding hydrogens is 1280 g/mol. The van der Waals surface area contributed by atoms with Crippen LogP contribution in [0.15, 0.2) is 349 Å². The molecule has 6 heterocycles. The molecule has 0 aliphatic carbocycles. The Hall–Kier alpha value is -14.4. The Balaban J connectivity index is 0.633. The molecule has 0 spiro atoms. The van der Waals surface area contributed by atoms with Crippen LogP contribution in [0, 0.1) is 0 Å². The fourth-order valence-corrected chi connectivity index (χ4v) is 14.4. The number of aromatic nitrogens is 10. The van der Waals surface area contributed by atoms with E-state index < -0.39 is 0 Å². The molecule has 104 heavy (non-hydrogen) atoms. The van der Waals surface area contributed by atoms with Crippen LogP contribution in [0.1, 0.15) is 0 Å². The molecule has 12 nitrogen and oxygen atoms in total. The van der Waals surface area contributed by atoms with Crippen LogP contribution in [0.25, 0.3) is 202 Å². The third kappa shape index (κ3) is 10.6. The normalized spacial score (nSPS) is 11.7. The molecule has 12 heteroatoms. The monoisotopic (exact) mass is 1330 g/mol. The minimum absolute atomic E-state index is 0.524. The Morgan fingerprint density at radius 1 is 0.192 bits per heavy atom. The van der Waals surface area contributed by atoms with Crippen molar-refractivity contribution in [3.63, 3.8) is 0 Å². The van der Waals surface area contributed by atoms with Crippen LogP contribution >= 0.6 is 0 Å². The molecule has 0 saturated heterocycles. The van der Waals surface area contributed by atoms with E-state index >= 15 is 0 Å². The van der Waals surface area contributed by atoms with Gasteiger partial charge in [-0.3, -0.25) is 0 Å². The van der Waals surface area contributed by atoms with E-state index in [1.165, 1.54) is 5.39 Å². The lowest BCUT2D eigenvalue weighted by molar-refractivity contribution is 0.619. The fourth-order valence-electron chi connectivity index (χ4n) is 14.4. The van der Waals surface area contributed by atoms with E-state index in [0.29, 0.717) is 52.3 Å². The largest absolute Gasteiger partial charge is 0.436 e. The average molecular weight is 1330 g/mol. The number of oxazole rings is 2. The summed E-state index contributed by atoms with van der Waals surface area (Å²) in [5.74, 6) is 4.67. The molecule has 20 rings (SSSR count). The molecule has 0 radical (unpaired) electrons. The maximum Gasteiger partial charge on any atom is 0.228 e. The van der Waals surface area contributed by atoms with E-state index in [1.807, 2.05) is 140 Å². The van der Waals surface area contributed by atoms with Crippen LogP contribution in [0.5, 0.6) is 0 Å². The minimum Gasteiger partial charge on any atom is -0.436 e. The SMILES string of the molecule is c1ccc(-c2nc(-c3ccccc3)nc(-c3ccc(-c4ccc(-n5c6ccccc6c6cc(-c7ccc(-c8nc(-c9ccccc9)nc(-c9cccc(-c%10ccc(-n%11c%12ccccc%12c%12ccc(-c%13nc%14ccccc%14o%13)cc%12%11)cc%10)c9)n8)cc7)c(-c7nc8ccccc8o7)cc65)cc4)cc3)n2)cc1. The predicted molar refractivity (Wildman–Crippen MR) is 417 cm³/mol. The Morgan fingerprint density at radius 3 is 1.07 bits per heavy atom. The molecule has 0 N–H and O–H groups in total. The lowest BCUT2D eigenvalue weighted by Gasteiger charge is -2.13. The van der Waals surface area contributed by atoms with Gasteiger partial charge in [-0.1, -0.05) is 249 Å². The first kappa shape index (κ1) is 59.7. The van der Waals surface area contributed by atoms with Crippen molar-refractivity contribution < 1.29 is 8.83 Å². The zero-order chi connectivity index (χ0) is 68.6. The van der Waals surface area contributed by atoms with Gasteiger partial charge in [0.1, 0.15) is 11.0 Å². The van der Waals surface area contributed by atoms with Gasteiger partial charge in [0.25, 0.3) is 0 Å². The summed E-state index contributed by atoms with van der Waals surface area (Å²) in [4.78, 5) is 40.5. The van der Waals surface area contributed by atoms with E-state index in [9.17, 15) is 0 Å². The second-order valence-corrected chi connectivity index (χ2v) is 25.9. The Morgan fingerprint density at radius 2 is 0.548 bits per heavy atom. The molecule has 0 amide bonds. The Bertz CT molecular complexity index is 6560. The smallest absolute Gasteiger partial charge is 0.228 e. The minimum atomic E-state index is 0.524. The number of para-hydroxylation sites is 6. The van der Waals surface area contributed by atoms with E-state index in [-0.39, 0.29) is 0 Å². The van der Waals surface area contributed by atoms with Crippen molar-refractivity contribution in [2.24, 2.45) is 0 Å². The highest BCUT2D eigenvalue weighted by Gasteiger charge is 2.23. The van der Waals surface area contributed by atoms with Crippen molar-refractivity contribution in [3.8, 4) is 136 Å². The molecule has 486 valence electrons. The Labute approximate surface area is 595 Å². The van der Waals surface area contributed by atoms with Crippen LogP contribution in [0.3, 0.4) is 0 Å². The van der Waals surface area contributed by atoms with Gasteiger partial charge in [-0.2, -0.15) is 0 Å². The fraction of sp³-hybridized carbons (Fsp3) is 0. The van der Waals surface area contributed by atoms with Gasteiger partial charge in [-0.15, -0.1) is 0 Å². The van der Waals surface area contributed by atoms with Crippen molar-refractivity contribution in [2.75, 3.05) is 0 Å². The van der Waals surface area contributed by atoms with Crippen LogP contribution in [0.4, 0.5) is 0 Å². The summed E-state index contributed by atoms with van der Waals surface area (Å²) < 4.78 is 17.6. The van der Waals surface area contributed by atoms with E-state index in [4.69, 9.17) is 48.7 Å². The van der Waals surface area contributed by atoms with Crippen LogP contribution < -0.4 is 0 Å². The van der Waals surface area contributed by atoms with Crippen molar-refractivity contribution in [1.29, 1.82) is 0 Å². The molecule has 0 bridgehead atoms. The molecule has 6 aromatic heterocycles. The third-order valence-corrected chi connectivity index (χ3v) is 19.6. The van der Waals surface area contributed by atoms with Gasteiger partial charge in [0.15, 0.2) is 46.1 Å². The molecule has 0 unspecified atom stereocenters. The molecule has 0 saturated carbocycles. The number of rotatable bonds is 13. The molecule has 0 fully saturated rings. The highest BCUT2D eigenvalue weighted by Crippen LogP contribution is 2.44. The maximum absolute atomic E-state index is 6.69. The predicted octanol–water partition coefficient (Wildman–Crippen LogP) is 22.9. The summed E-state index contributed by atoms with van der Waals surface area (Å²) in [5.41, 5.74) is 22.7. The van der Waals surface area contributed by atoms with Crippen molar-refractivity contribution in [2.45, 2.75) is 0 Å². The lowest BCUT2D eigenvalue weighted by atomic mass is 9.96. The zero-order valence-electron chi connectivity index (χ0n) is 55.6. The van der Waals surface area contributed by atoms with Gasteiger partial charge in [-0.25, -0.2) is 39.9 Å². The molecule has 0 aliphatic rings. The third-order valence-electron chi connectivity index (χ3n) is 19.6. The van der Waals surface area contributed by atoms with Crippen LogP contribution in [0.2, 0.25) is 0 Å². The first-order valence-corrected chi connectivity index (χ1v) is 34.5. The van der Waals surface area contributed by atoms with Crippen LogP contribution in [-0.2, 0) is 0 Å². The molecule has 20 aromatic rings. The summed E-state index contributed by atoms with van der Waals surface area (Å²) in [6, 6.07) is 117. The van der Waals surface area contributed by atoms with Gasteiger partial charge >= 0.3 is 0 Å². The topological polar surface area (TPSA) is 139 Å². The van der Waals surface area contributed by atoms with Crippen molar-refractivity contribution in [1.82, 2.24) is 49.0 Å². The highest BCUT2D eigenvalue weighted by atomic mass is 16.4. The maximum atomic E-state index is 6.69. The average Bonchev–Trinajstić information content (AvgIpc) is 1.58. The summed E-state index contributed by atoms with van der Waals surface area (Å²) in [6.07, 6.45) is 0. The van der Waals surface area contributed by atoms with E-state index in [1.54, 1.807) is 0 Å². The first-order chi connectivity index (χ1) is 51.5. The lowest BCUT2D eigenvalue weighted by Crippen LogP contribution is -2.00.